The van der Waals surface area contributed by atoms with Crippen molar-refractivity contribution >= 4 is 114 Å². The van der Waals surface area contributed by atoms with Crippen molar-refractivity contribution in [1.82, 2.24) is 0 Å². The number of fused-ring (bicyclic) bond motifs is 2. The van der Waals surface area contributed by atoms with Crippen molar-refractivity contribution in [3.63, 3.8) is 0 Å². The summed E-state index contributed by atoms with van der Waals surface area (Å²) in [5.41, 5.74) is 0.793. The van der Waals surface area contributed by atoms with E-state index in [2.05, 4.69) is 20.5 Å². The van der Waals surface area contributed by atoms with Crippen LogP contribution in [0.25, 0.3) is 21.5 Å². The summed E-state index contributed by atoms with van der Waals surface area (Å²) in [5.74, 6) is -0.799. The molecule has 57 heavy (non-hydrogen) atoms. The third-order valence-corrected chi connectivity index (χ3v) is 10.0. The molecule has 0 aliphatic carbocycles. The number of rotatable bonds is 10. The number of hydrogen-bond donors (Lipinski definition) is 4. The predicted molar refractivity (Wildman–Crippen MR) is 203 cm³/mol. The van der Waals surface area contributed by atoms with Gasteiger partial charge in [0.2, 0.25) is 0 Å². The summed E-state index contributed by atoms with van der Waals surface area (Å²) in [5, 5.41) is 55.0. The quantitative estimate of drug-likeness (QED) is 0.0441. The molecule has 0 bridgehead atoms. The molecule has 6 aromatic carbocycles. The summed E-state index contributed by atoms with van der Waals surface area (Å²) in [6, 6.07) is 22.6. The topological polar surface area (TPSA) is 285 Å². The molecule has 288 valence electrons. The Bertz CT molecular complexity index is 2640. The van der Waals surface area contributed by atoms with Crippen LogP contribution in [0.2, 0.25) is 0 Å². The Labute approximate surface area is 354 Å². The maximum Gasteiger partial charge on any atom is 2.00 e. The standard InChI is InChI=1S/2C18H15N3O6S.Ca/c2*1-2-11-6-8-14(21(23)24)13(10-11)19-20-18-15(22)9-7-12-4-3-5-16(17(12)18)28(25,26)27;/h2*3-10H,2H2,1H3,(H2-,19,22,23,24,25,26,27);/q;;+2. The average Bonchev–Trinajstić information content (AvgIpc) is 3.15. The largest absolute Gasteiger partial charge is 2.00 e. The molecule has 0 amide bonds. The molecule has 21 heteroatoms. The van der Waals surface area contributed by atoms with Crippen molar-refractivity contribution < 1.29 is 56.4 Å². The Balaban J connectivity index is 0.000000248. The average molecular weight is 843 g/mol. The van der Waals surface area contributed by atoms with Gasteiger partial charge in [-0.25, -0.2) is 27.3 Å². The zero-order valence-corrected chi connectivity index (χ0v) is 33.8. The zero-order valence-electron chi connectivity index (χ0n) is 29.9. The predicted octanol–water partition coefficient (Wildman–Crippen LogP) is 8.07. The third-order valence-electron chi connectivity index (χ3n) is 8.28. The van der Waals surface area contributed by atoms with E-state index in [-0.39, 0.29) is 92.5 Å². The van der Waals surface area contributed by atoms with Gasteiger partial charge < -0.3 is 19.3 Å². The maximum absolute atomic E-state index is 11.6. The van der Waals surface area contributed by atoms with E-state index in [1.54, 1.807) is 24.3 Å². The Hall–Kier alpha value is -5.48. The summed E-state index contributed by atoms with van der Waals surface area (Å²) in [7, 11) is -9.69. The first kappa shape index (κ1) is 44.2. The van der Waals surface area contributed by atoms with E-state index in [1.807, 2.05) is 13.8 Å². The van der Waals surface area contributed by atoms with Gasteiger partial charge in [-0.2, -0.15) is 0 Å². The third kappa shape index (κ3) is 10.1. The van der Waals surface area contributed by atoms with Gasteiger partial charge in [0.25, 0.3) is 9.85 Å². The van der Waals surface area contributed by atoms with Gasteiger partial charge in [0, 0.05) is 22.9 Å². The van der Waals surface area contributed by atoms with Crippen molar-refractivity contribution in [1.29, 1.82) is 0 Å². The molecule has 0 spiro atoms. The normalized spacial score (nSPS) is 11.7. The van der Waals surface area contributed by atoms with Gasteiger partial charge in [0.15, 0.2) is 11.4 Å². The SMILES string of the molecule is CCc1ccc([N+](=O)O)c(N=Nc2c(O)ccc3cccc(S(=O)(=O)[O-])c23)c1.CCc1ccc([N+](=O)O)c(N=Nc2c(O)ccc3cccc(S(=O)(=O)[O-])c23)c1.[Ca+2]. The zero-order chi connectivity index (χ0) is 40.9. The van der Waals surface area contributed by atoms with Crippen molar-refractivity contribution in [2.75, 3.05) is 0 Å². The fourth-order valence-electron chi connectivity index (χ4n) is 5.52. The van der Waals surface area contributed by atoms with Crippen LogP contribution >= 0.6 is 0 Å². The summed E-state index contributed by atoms with van der Waals surface area (Å²) in [6.07, 6.45) is 1.26. The number of nitrogens with zero attached hydrogens (tertiary/aromatic N) is 6. The number of aromatic hydroxyl groups is 2. The van der Waals surface area contributed by atoms with E-state index in [9.17, 15) is 56.4 Å². The van der Waals surface area contributed by atoms with Crippen LogP contribution < -0.4 is 0 Å². The second-order valence-electron chi connectivity index (χ2n) is 11.8. The van der Waals surface area contributed by atoms with Gasteiger partial charge in [0.1, 0.15) is 43.1 Å². The Morgan fingerprint density at radius 2 is 0.930 bits per heavy atom. The van der Waals surface area contributed by atoms with E-state index in [1.165, 1.54) is 60.7 Å². The first-order valence-corrected chi connectivity index (χ1v) is 19.1. The molecule has 0 saturated carbocycles. The van der Waals surface area contributed by atoms with Gasteiger partial charge in [-0.05, 0) is 71.1 Å². The van der Waals surface area contributed by atoms with E-state index < -0.39 is 41.5 Å². The fraction of sp³-hybridized carbons (Fsp3) is 0.111. The van der Waals surface area contributed by atoms with Crippen LogP contribution in [0.1, 0.15) is 25.0 Å². The first-order chi connectivity index (χ1) is 26.4. The van der Waals surface area contributed by atoms with Crippen LogP contribution in [-0.4, -0.2) is 94.2 Å². The van der Waals surface area contributed by atoms with Gasteiger partial charge in [-0.1, -0.05) is 62.4 Å². The van der Waals surface area contributed by atoms with Gasteiger partial charge in [-0.3, -0.25) is 0 Å². The van der Waals surface area contributed by atoms with Crippen LogP contribution in [0.5, 0.6) is 11.5 Å². The summed E-state index contributed by atoms with van der Waals surface area (Å²) in [4.78, 5) is 20.8. The molecular weight excluding hydrogens is 813 g/mol. The summed E-state index contributed by atoms with van der Waals surface area (Å²) in [6.45, 7) is 3.76. The molecule has 0 aromatic heterocycles. The molecule has 0 atom stereocenters. The molecule has 0 fully saturated rings. The molecule has 6 aromatic rings. The number of aryl methyl sites for hydroxylation is 2. The maximum atomic E-state index is 11.6. The van der Waals surface area contributed by atoms with Gasteiger partial charge in [0.05, 0.1) is 19.6 Å². The van der Waals surface area contributed by atoms with Crippen molar-refractivity contribution in [2.24, 2.45) is 20.5 Å². The second-order valence-corrected chi connectivity index (χ2v) is 14.5. The van der Waals surface area contributed by atoms with Crippen molar-refractivity contribution in [3.05, 3.63) is 118 Å². The van der Waals surface area contributed by atoms with Crippen molar-refractivity contribution in [3.8, 4) is 11.5 Å². The molecule has 0 heterocycles. The van der Waals surface area contributed by atoms with Crippen LogP contribution in [-0.2, 0) is 33.1 Å². The number of phenols is 2. The van der Waals surface area contributed by atoms with Gasteiger partial charge in [-0.15, -0.1) is 20.5 Å². The minimum absolute atomic E-state index is 0. The molecule has 0 aliphatic rings. The Morgan fingerprint density at radius 3 is 1.25 bits per heavy atom. The first-order valence-electron chi connectivity index (χ1n) is 16.3. The smallest absolute Gasteiger partial charge is 0.744 e. The Kier molecular flexibility index (Phi) is 14.1. The molecule has 0 unspecified atom stereocenters. The molecule has 4 N–H and O–H groups in total. The molecule has 0 radical (unpaired) electrons. The fourth-order valence-corrected chi connectivity index (χ4v) is 6.94. The molecular formula is C36H30CaN6O12S2+2. The molecule has 6 rings (SSSR count). The summed E-state index contributed by atoms with van der Waals surface area (Å²) >= 11 is 0. The minimum Gasteiger partial charge on any atom is -0.744 e. The van der Waals surface area contributed by atoms with Crippen LogP contribution in [0, 0.1) is 9.81 Å². The number of hydrogen-bond acceptors (Lipinski definition) is 14. The van der Waals surface area contributed by atoms with E-state index in [0.29, 0.717) is 23.6 Å². The van der Waals surface area contributed by atoms with Gasteiger partial charge >= 0.3 is 49.1 Å². The monoisotopic (exact) mass is 842 g/mol. The molecule has 0 aliphatic heterocycles. The number of azo groups is 2. The Morgan fingerprint density at radius 1 is 0.561 bits per heavy atom. The molecule has 0 saturated heterocycles. The van der Waals surface area contributed by atoms with Crippen LogP contribution in [0.15, 0.2) is 127 Å². The summed E-state index contributed by atoms with van der Waals surface area (Å²) < 4.78 is 69.7. The minimum atomic E-state index is -4.84. The second kappa shape index (κ2) is 18.2. The van der Waals surface area contributed by atoms with E-state index >= 15 is 0 Å². The van der Waals surface area contributed by atoms with Crippen LogP contribution in [0.4, 0.5) is 34.1 Å². The molecule has 18 nitrogen and oxygen atoms in total. The van der Waals surface area contributed by atoms with E-state index in [0.717, 1.165) is 23.3 Å². The van der Waals surface area contributed by atoms with Crippen LogP contribution in [0.3, 0.4) is 0 Å². The number of benzene rings is 6. The van der Waals surface area contributed by atoms with Crippen molar-refractivity contribution in [2.45, 2.75) is 36.5 Å². The van der Waals surface area contributed by atoms with E-state index in [4.69, 9.17) is 0 Å². The number of phenolic OH excluding ortho intramolecular Hbond substituents is 2.